The van der Waals surface area contributed by atoms with E-state index in [0.29, 0.717) is 5.92 Å². The third-order valence-corrected chi connectivity index (χ3v) is 3.96. The molecule has 3 rings (SSSR count). The molecule has 0 atom stereocenters. The lowest BCUT2D eigenvalue weighted by atomic mass is 10.2. The minimum Gasteiger partial charge on any atom is -0.370 e. The lowest BCUT2D eigenvalue weighted by molar-refractivity contribution is 0.726. The molecule has 104 valence electrons. The van der Waals surface area contributed by atoms with Crippen molar-refractivity contribution < 1.29 is 0 Å². The van der Waals surface area contributed by atoms with Gasteiger partial charge in [0.05, 0.1) is 0 Å². The Balaban J connectivity index is 1.85. The Morgan fingerprint density at radius 3 is 2.53 bits per heavy atom. The Hall–Kier alpha value is -1.32. The summed E-state index contributed by atoms with van der Waals surface area (Å²) in [6, 6.07) is 2.13. The summed E-state index contributed by atoms with van der Waals surface area (Å²) in [5.74, 6) is 3.80. The summed E-state index contributed by atoms with van der Waals surface area (Å²) in [7, 11) is 0. The van der Waals surface area contributed by atoms with Gasteiger partial charge in [0, 0.05) is 31.6 Å². The monoisotopic (exact) mass is 260 g/mol. The number of rotatable bonds is 4. The highest BCUT2D eigenvalue weighted by Crippen LogP contribution is 2.39. The fourth-order valence-corrected chi connectivity index (χ4v) is 2.71. The molecule has 0 aromatic carbocycles. The first-order chi connectivity index (χ1) is 9.36. The molecule has 0 unspecified atom stereocenters. The van der Waals surface area contributed by atoms with Gasteiger partial charge in [0.1, 0.15) is 17.5 Å². The molecule has 1 aliphatic carbocycles. The van der Waals surface area contributed by atoms with E-state index in [2.05, 4.69) is 28.2 Å². The van der Waals surface area contributed by atoms with Crippen molar-refractivity contribution in [2.75, 3.05) is 29.9 Å². The van der Waals surface area contributed by atoms with Crippen LogP contribution < -0.4 is 10.2 Å². The van der Waals surface area contributed by atoms with Crippen LogP contribution in [0.15, 0.2) is 6.07 Å². The molecule has 1 aliphatic heterocycles. The minimum atomic E-state index is 0.615. The first kappa shape index (κ1) is 12.7. The molecular weight excluding hydrogens is 236 g/mol. The summed E-state index contributed by atoms with van der Waals surface area (Å²) >= 11 is 0. The van der Waals surface area contributed by atoms with E-state index in [-0.39, 0.29) is 0 Å². The van der Waals surface area contributed by atoms with Crippen LogP contribution in [0.5, 0.6) is 0 Å². The van der Waals surface area contributed by atoms with Crippen LogP contribution in [0.1, 0.15) is 57.2 Å². The van der Waals surface area contributed by atoms with Gasteiger partial charge in [-0.05, 0) is 32.6 Å². The number of nitrogens with one attached hydrogen (secondary N) is 1. The summed E-state index contributed by atoms with van der Waals surface area (Å²) in [5, 5.41) is 3.35. The summed E-state index contributed by atoms with van der Waals surface area (Å²) < 4.78 is 0. The van der Waals surface area contributed by atoms with Gasteiger partial charge in [0.25, 0.3) is 0 Å². The Morgan fingerprint density at radius 1 is 1.16 bits per heavy atom. The molecule has 0 bridgehead atoms. The van der Waals surface area contributed by atoms with Gasteiger partial charge in [-0.15, -0.1) is 0 Å². The van der Waals surface area contributed by atoms with Crippen LogP contribution in [-0.2, 0) is 0 Å². The average molecular weight is 260 g/mol. The summed E-state index contributed by atoms with van der Waals surface area (Å²) in [5.41, 5.74) is 0. The van der Waals surface area contributed by atoms with Gasteiger partial charge in [-0.1, -0.05) is 12.8 Å². The van der Waals surface area contributed by atoms with Crippen molar-refractivity contribution in [3.8, 4) is 0 Å². The van der Waals surface area contributed by atoms with Crippen molar-refractivity contribution in [3.63, 3.8) is 0 Å². The normalized spacial score (nSPS) is 20.2. The van der Waals surface area contributed by atoms with E-state index < -0.39 is 0 Å². The van der Waals surface area contributed by atoms with Crippen LogP contribution in [0.25, 0.3) is 0 Å². The Bertz CT molecular complexity index is 420. The zero-order valence-corrected chi connectivity index (χ0v) is 11.9. The highest BCUT2D eigenvalue weighted by atomic mass is 15.2. The lowest BCUT2D eigenvalue weighted by Gasteiger charge is -2.22. The molecule has 1 aromatic heterocycles. The highest BCUT2D eigenvalue weighted by molar-refractivity contribution is 5.50. The van der Waals surface area contributed by atoms with E-state index in [1.165, 1.54) is 38.5 Å². The topological polar surface area (TPSA) is 41.0 Å². The summed E-state index contributed by atoms with van der Waals surface area (Å²) in [6.45, 7) is 5.32. The molecule has 0 radical (unpaired) electrons. The fraction of sp³-hybridized carbons (Fsp3) is 0.733. The van der Waals surface area contributed by atoms with Crippen molar-refractivity contribution in [2.24, 2.45) is 0 Å². The van der Waals surface area contributed by atoms with Crippen LogP contribution in [0, 0.1) is 0 Å². The molecule has 19 heavy (non-hydrogen) atoms. The molecule has 4 nitrogen and oxygen atoms in total. The molecule has 4 heteroatoms. The van der Waals surface area contributed by atoms with E-state index in [9.17, 15) is 0 Å². The molecule has 1 saturated heterocycles. The first-order valence-electron chi connectivity index (χ1n) is 7.74. The van der Waals surface area contributed by atoms with Crippen molar-refractivity contribution in [3.05, 3.63) is 11.9 Å². The predicted octanol–water partition coefficient (Wildman–Crippen LogP) is 3.17. The number of anilines is 2. The van der Waals surface area contributed by atoms with Gasteiger partial charge in [-0.2, -0.15) is 0 Å². The second kappa shape index (κ2) is 5.76. The third-order valence-electron chi connectivity index (χ3n) is 3.96. The molecule has 1 N–H and O–H groups in total. The molecule has 2 fully saturated rings. The molecular formula is C15H24N4. The standard InChI is InChI=1S/C15H24N4/c1-2-16-13-11-14(18-15(17-13)12-7-8-12)19-9-5-3-4-6-10-19/h11-12H,2-10H2,1H3,(H,16,17,18). The maximum absolute atomic E-state index is 4.82. The van der Waals surface area contributed by atoms with Crippen LogP contribution in [0.3, 0.4) is 0 Å². The number of nitrogens with zero attached hydrogens (tertiary/aromatic N) is 3. The maximum atomic E-state index is 4.82. The quantitative estimate of drug-likeness (QED) is 0.903. The van der Waals surface area contributed by atoms with E-state index in [1.54, 1.807) is 0 Å². The Kier molecular flexibility index (Phi) is 3.85. The second-order valence-corrected chi connectivity index (χ2v) is 5.68. The van der Waals surface area contributed by atoms with Crippen molar-refractivity contribution in [1.29, 1.82) is 0 Å². The highest BCUT2D eigenvalue weighted by Gasteiger charge is 2.28. The minimum absolute atomic E-state index is 0.615. The molecule has 1 saturated carbocycles. The van der Waals surface area contributed by atoms with Crippen LogP contribution in [-0.4, -0.2) is 29.6 Å². The van der Waals surface area contributed by atoms with Crippen LogP contribution >= 0.6 is 0 Å². The molecule has 0 spiro atoms. The van der Waals surface area contributed by atoms with Gasteiger partial charge in [0.2, 0.25) is 0 Å². The Labute approximate surface area is 115 Å². The summed E-state index contributed by atoms with van der Waals surface area (Å²) in [4.78, 5) is 11.9. The predicted molar refractivity (Wildman–Crippen MR) is 78.9 cm³/mol. The Morgan fingerprint density at radius 2 is 1.89 bits per heavy atom. The van der Waals surface area contributed by atoms with E-state index in [0.717, 1.165) is 37.1 Å². The molecule has 2 aliphatic rings. The molecule has 2 heterocycles. The van der Waals surface area contributed by atoms with Gasteiger partial charge in [-0.25, -0.2) is 9.97 Å². The van der Waals surface area contributed by atoms with Gasteiger partial charge in [0.15, 0.2) is 0 Å². The summed E-state index contributed by atoms with van der Waals surface area (Å²) in [6.07, 6.45) is 7.82. The van der Waals surface area contributed by atoms with E-state index in [1.807, 2.05) is 0 Å². The van der Waals surface area contributed by atoms with Crippen LogP contribution in [0.4, 0.5) is 11.6 Å². The molecule has 0 amide bonds. The van der Waals surface area contributed by atoms with Crippen molar-refractivity contribution in [2.45, 2.75) is 51.4 Å². The molecule has 1 aromatic rings. The smallest absolute Gasteiger partial charge is 0.136 e. The maximum Gasteiger partial charge on any atom is 0.136 e. The first-order valence-corrected chi connectivity index (χ1v) is 7.74. The lowest BCUT2D eigenvalue weighted by Crippen LogP contribution is -2.25. The second-order valence-electron chi connectivity index (χ2n) is 5.68. The van der Waals surface area contributed by atoms with Gasteiger partial charge >= 0.3 is 0 Å². The SMILES string of the molecule is CCNc1cc(N2CCCCCC2)nc(C2CC2)n1. The zero-order chi connectivity index (χ0) is 13.1. The zero-order valence-electron chi connectivity index (χ0n) is 11.9. The number of aromatic nitrogens is 2. The number of hydrogen-bond acceptors (Lipinski definition) is 4. The third kappa shape index (κ3) is 3.17. The van der Waals surface area contributed by atoms with E-state index in [4.69, 9.17) is 4.98 Å². The average Bonchev–Trinajstić information content (AvgIpc) is 3.26. The van der Waals surface area contributed by atoms with Gasteiger partial charge < -0.3 is 10.2 Å². The van der Waals surface area contributed by atoms with Crippen molar-refractivity contribution in [1.82, 2.24) is 9.97 Å². The fourth-order valence-electron chi connectivity index (χ4n) is 2.71. The number of hydrogen-bond donors (Lipinski definition) is 1. The van der Waals surface area contributed by atoms with Crippen LogP contribution in [0.2, 0.25) is 0 Å². The van der Waals surface area contributed by atoms with Gasteiger partial charge in [-0.3, -0.25) is 0 Å². The van der Waals surface area contributed by atoms with Crippen molar-refractivity contribution >= 4 is 11.6 Å². The largest absolute Gasteiger partial charge is 0.370 e. The van der Waals surface area contributed by atoms with E-state index >= 15 is 0 Å².